The summed E-state index contributed by atoms with van der Waals surface area (Å²) in [6, 6.07) is -0.489. The predicted octanol–water partition coefficient (Wildman–Crippen LogP) is 1.04. The Kier molecular flexibility index (Phi) is 10.1. The molecule has 0 saturated heterocycles. The lowest BCUT2D eigenvalue weighted by Gasteiger charge is -2.09. The largest absolute Gasteiger partial charge is 0.465 e. The molecule has 2 N–H and O–H groups in total. The zero-order valence-electron chi connectivity index (χ0n) is 9.53. The lowest BCUT2D eigenvalue weighted by Crippen LogP contribution is -2.34. The fourth-order valence-electron chi connectivity index (χ4n) is 0.978. The number of rotatable bonds is 9. The van der Waals surface area contributed by atoms with E-state index in [0.717, 1.165) is 25.2 Å². The lowest BCUT2D eigenvalue weighted by molar-refractivity contribution is -0.144. The van der Waals surface area contributed by atoms with Crippen molar-refractivity contribution in [1.82, 2.24) is 0 Å². The van der Waals surface area contributed by atoms with Gasteiger partial charge in [0.1, 0.15) is 6.04 Å². The molecule has 0 fully saturated rings. The maximum absolute atomic E-state index is 11.1. The molecule has 0 saturated carbocycles. The summed E-state index contributed by atoms with van der Waals surface area (Å²) in [6.45, 7) is 2.97. The van der Waals surface area contributed by atoms with Gasteiger partial charge in [0.2, 0.25) is 0 Å². The first-order valence-electron chi connectivity index (χ1n) is 5.21. The summed E-state index contributed by atoms with van der Waals surface area (Å²) in [5.41, 5.74) is 5.62. The highest BCUT2D eigenvalue weighted by Gasteiger charge is 2.13. The molecule has 0 amide bonds. The van der Waals surface area contributed by atoms with E-state index >= 15 is 0 Å². The Bertz CT molecular complexity index is 167. The first-order chi connectivity index (χ1) is 7.22. The average Bonchev–Trinajstić information content (AvgIpc) is 2.23. The van der Waals surface area contributed by atoms with Crippen LogP contribution in [0.1, 0.15) is 19.8 Å². The summed E-state index contributed by atoms with van der Waals surface area (Å²) in [5, 5.41) is 0. The van der Waals surface area contributed by atoms with Gasteiger partial charge in [0.05, 0.1) is 6.61 Å². The number of hydrogen-bond donors (Lipinski definition) is 1. The average molecular weight is 235 g/mol. The summed E-state index contributed by atoms with van der Waals surface area (Å²) in [7, 11) is 1.70. The maximum Gasteiger partial charge on any atom is 0.323 e. The van der Waals surface area contributed by atoms with Gasteiger partial charge >= 0.3 is 5.97 Å². The summed E-state index contributed by atoms with van der Waals surface area (Å²) in [5.74, 6) is 1.34. The van der Waals surface area contributed by atoms with Gasteiger partial charge in [-0.25, -0.2) is 0 Å². The number of carbonyl (C=O) groups is 1. The summed E-state index contributed by atoms with van der Waals surface area (Å²) in [4.78, 5) is 11.1. The molecule has 0 bridgehead atoms. The van der Waals surface area contributed by atoms with Crippen LogP contribution in [0.25, 0.3) is 0 Å². The molecule has 0 aromatic rings. The Morgan fingerprint density at radius 2 is 2.20 bits per heavy atom. The van der Waals surface area contributed by atoms with Crippen molar-refractivity contribution in [3.63, 3.8) is 0 Å². The Balaban J connectivity index is 3.30. The van der Waals surface area contributed by atoms with E-state index in [0.29, 0.717) is 12.4 Å². The third-order valence-corrected chi connectivity index (χ3v) is 2.95. The number of methoxy groups -OCH3 is 1. The van der Waals surface area contributed by atoms with E-state index in [1.807, 2.05) is 0 Å². The van der Waals surface area contributed by atoms with Crippen molar-refractivity contribution in [2.24, 2.45) is 5.73 Å². The second kappa shape index (κ2) is 10.3. The monoisotopic (exact) mass is 235 g/mol. The van der Waals surface area contributed by atoms with Gasteiger partial charge in [-0.3, -0.25) is 4.79 Å². The van der Waals surface area contributed by atoms with Crippen molar-refractivity contribution < 1.29 is 14.3 Å². The molecule has 0 spiro atoms. The molecule has 0 aromatic carbocycles. The van der Waals surface area contributed by atoms with Crippen molar-refractivity contribution in [2.45, 2.75) is 25.8 Å². The first-order valence-corrected chi connectivity index (χ1v) is 6.36. The van der Waals surface area contributed by atoms with Crippen LogP contribution < -0.4 is 5.73 Å². The van der Waals surface area contributed by atoms with Gasteiger partial charge < -0.3 is 15.2 Å². The van der Waals surface area contributed by atoms with Crippen LogP contribution in [0, 0.1) is 0 Å². The summed E-state index contributed by atoms with van der Waals surface area (Å²) in [6.07, 6.45) is 2.15. The minimum atomic E-state index is -0.489. The van der Waals surface area contributed by atoms with Crippen LogP contribution in [0.2, 0.25) is 0 Å². The second-order valence-electron chi connectivity index (χ2n) is 3.13. The van der Waals surface area contributed by atoms with Gasteiger partial charge in [0.15, 0.2) is 0 Å². The van der Waals surface area contributed by atoms with E-state index in [1.165, 1.54) is 0 Å². The van der Waals surface area contributed by atoms with Crippen molar-refractivity contribution in [2.75, 3.05) is 31.8 Å². The van der Waals surface area contributed by atoms with Crippen LogP contribution in [0.4, 0.5) is 0 Å². The van der Waals surface area contributed by atoms with Crippen molar-refractivity contribution in [3.8, 4) is 0 Å². The zero-order chi connectivity index (χ0) is 11.5. The van der Waals surface area contributed by atoms with Crippen LogP contribution in [0.15, 0.2) is 0 Å². The van der Waals surface area contributed by atoms with Crippen LogP contribution in [0.5, 0.6) is 0 Å². The number of carbonyl (C=O) groups excluding carboxylic acids is 1. The van der Waals surface area contributed by atoms with E-state index in [9.17, 15) is 4.79 Å². The van der Waals surface area contributed by atoms with Gasteiger partial charge in [-0.15, -0.1) is 0 Å². The topological polar surface area (TPSA) is 61.5 Å². The Labute approximate surface area is 95.9 Å². The van der Waals surface area contributed by atoms with Gasteiger partial charge in [-0.1, -0.05) is 0 Å². The smallest absolute Gasteiger partial charge is 0.323 e. The number of thioether (sulfide) groups is 1. The van der Waals surface area contributed by atoms with Gasteiger partial charge in [-0.05, 0) is 25.5 Å². The van der Waals surface area contributed by atoms with Crippen molar-refractivity contribution >= 4 is 17.7 Å². The molecule has 0 heterocycles. The SMILES string of the molecule is CCOC(=O)C(N)CSCCCCOC. The molecule has 4 nitrogen and oxygen atoms in total. The van der Waals surface area contributed by atoms with Crippen molar-refractivity contribution in [1.29, 1.82) is 0 Å². The van der Waals surface area contributed by atoms with Crippen LogP contribution in [0.3, 0.4) is 0 Å². The maximum atomic E-state index is 11.1. The fourth-order valence-corrected chi connectivity index (χ4v) is 1.94. The number of ether oxygens (including phenoxy) is 2. The molecule has 0 rings (SSSR count). The highest BCUT2D eigenvalue weighted by atomic mass is 32.2. The highest BCUT2D eigenvalue weighted by molar-refractivity contribution is 7.99. The third kappa shape index (κ3) is 8.72. The lowest BCUT2D eigenvalue weighted by atomic mass is 10.4. The molecule has 15 heavy (non-hydrogen) atoms. The van der Waals surface area contributed by atoms with Gasteiger partial charge in [-0.2, -0.15) is 11.8 Å². The molecule has 1 unspecified atom stereocenters. The first kappa shape index (κ1) is 14.7. The molecule has 5 heteroatoms. The second-order valence-corrected chi connectivity index (χ2v) is 4.28. The highest BCUT2D eigenvalue weighted by Crippen LogP contribution is 2.06. The van der Waals surface area contributed by atoms with E-state index in [-0.39, 0.29) is 5.97 Å². The number of unbranched alkanes of at least 4 members (excludes halogenated alkanes) is 1. The Morgan fingerprint density at radius 1 is 1.47 bits per heavy atom. The number of nitrogens with two attached hydrogens (primary N) is 1. The molecular formula is C10H21NO3S. The van der Waals surface area contributed by atoms with E-state index in [1.54, 1.807) is 25.8 Å². The molecule has 1 atom stereocenters. The van der Waals surface area contributed by atoms with Crippen LogP contribution in [-0.4, -0.2) is 43.8 Å². The molecule has 90 valence electrons. The minimum absolute atomic E-state index is 0.304. The fraction of sp³-hybridized carbons (Fsp3) is 0.900. The van der Waals surface area contributed by atoms with Gasteiger partial charge in [0.25, 0.3) is 0 Å². The van der Waals surface area contributed by atoms with Gasteiger partial charge in [0, 0.05) is 19.5 Å². The summed E-state index contributed by atoms with van der Waals surface area (Å²) < 4.78 is 9.73. The molecule has 0 aliphatic heterocycles. The zero-order valence-corrected chi connectivity index (χ0v) is 10.3. The molecule has 0 aromatic heterocycles. The molecule has 0 aliphatic rings. The Hall–Kier alpha value is -0.260. The van der Waals surface area contributed by atoms with Crippen LogP contribution in [-0.2, 0) is 14.3 Å². The molecular weight excluding hydrogens is 214 g/mol. The predicted molar refractivity (Wildman–Crippen MR) is 63.0 cm³/mol. The standard InChI is InChI=1S/C10H21NO3S/c1-3-14-10(12)9(11)8-15-7-5-4-6-13-2/h9H,3-8,11H2,1-2H3. The normalized spacial score (nSPS) is 12.5. The minimum Gasteiger partial charge on any atom is -0.465 e. The van der Waals surface area contributed by atoms with Crippen LogP contribution >= 0.6 is 11.8 Å². The number of hydrogen-bond acceptors (Lipinski definition) is 5. The molecule has 0 aliphatic carbocycles. The van der Waals surface area contributed by atoms with E-state index in [4.69, 9.17) is 15.2 Å². The Morgan fingerprint density at radius 3 is 2.80 bits per heavy atom. The quantitative estimate of drug-likeness (QED) is 0.478. The summed E-state index contributed by atoms with van der Waals surface area (Å²) >= 11 is 1.68. The number of esters is 1. The molecule has 0 radical (unpaired) electrons. The van der Waals surface area contributed by atoms with E-state index < -0.39 is 6.04 Å². The van der Waals surface area contributed by atoms with Crippen molar-refractivity contribution in [3.05, 3.63) is 0 Å². The third-order valence-electron chi connectivity index (χ3n) is 1.77. The van der Waals surface area contributed by atoms with E-state index in [2.05, 4.69) is 0 Å².